The van der Waals surface area contributed by atoms with E-state index in [0.717, 1.165) is 0 Å². The Kier molecular flexibility index (Phi) is 11.2. The van der Waals surface area contributed by atoms with Gasteiger partial charge >= 0.3 is 11.9 Å². The minimum atomic E-state index is -0.745. The van der Waals surface area contributed by atoms with Crippen molar-refractivity contribution in [2.45, 2.75) is 59.7 Å². The predicted molar refractivity (Wildman–Crippen MR) is 132 cm³/mol. The molecule has 0 aliphatic heterocycles. The molecule has 0 saturated heterocycles. The Morgan fingerprint density at radius 1 is 1.00 bits per heavy atom. The summed E-state index contributed by atoms with van der Waals surface area (Å²) in [5.41, 5.74) is -0.0272. The Bertz CT molecular complexity index is 1010. The number of hydrogen-bond donors (Lipinski definition) is 0. The highest BCUT2D eigenvalue weighted by Gasteiger charge is 2.29. The molecule has 0 N–H and O–H groups in total. The fraction of sp³-hybridized carbons (Fsp3) is 0.481. The predicted octanol–water partition coefficient (Wildman–Crippen LogP) is 4.62. The van der Waals surface area contributed by atoms with Crippen LogP contribution < -0.4 is 14.2 Å². The summed E-state index contributed by atoms with van der Waals surface area (Å²) >= 11 is 0. The molecule has 2 rings (SSSR count). The van der Waals surface area contributed by atoms with Gasteiger partial charge in [-0.3, -0.25) is 14.4 Å². The summed E-state index contributed by atoms with van der Waals surface area (Å²) in [5, 5.41) is 0. The van der Waals surface area contributed by atoms with Crippen LogP contribution in [-0.2, 0) is 19.1 Å². The van der Waals surface area contributed by atoms with Gasteiger partial charge in [-0.15, -0.1) is 0 Å². The first-order chi connectivity index (χ1) is 17.1. The standard InChI is InChI=1S/C27H35NO8/c1-17(2)14-24(19(4)35-21-10-8-7-9-11-21)36-27(31)18(3)15-22(30)25-26(34-16-33-20(5)29)23(32-6)12-13-28-25/h7-13,17-19,24H,14-16H2,1-6H3/t18-,19+,24-/m1/s1. The highest BCUT2D eigenvalue weighted by Crippen LogP contribution is 2.31. The fourth-order valence-corrected chi connectivity index (χ4v) is 3.41. The molecule has 1 aromatic carbocycles. The zero-order valence-corrected chi connectivity index (χ0v) is 21.7. The summed E-state index contributed by atoms with van der Waals surface area (Å²) in [5.74, 6) is -1.00. The molecule has 0 spiro atoms. The Labute approximate surface area is 212 Å². The van der Waals surface area contributed by atoms with Crippen molar-refractivity contribution in [3.05, 3.63) is 48.3 Å². The summed E-state index contributed by atoms with van der Waals surface area (Å²) in [6.45, 7) is 8.38. The first-order valence-electron chi connectivity index (χ1n) is 11.9. The van der Waals surface area contributed by atoms with Gasteiger partial charge < -0.3 is 23.7 Å². The first kappa shape index (κ1) is 28.6. The van der Waals surface area contributed by atoms with E-state index < -0.39 is 36.5 Å². The van der Waals surface area contributed by atoms with Crippen molar-refractivity contribution in [3.8, 4) is 17.2 Å². The Morgan fingerprint density at radius 3 is 2.31 bits per heavy atom. The van der Waals surface area contributed by atoms with Crippen molar-refractivity contribution in [3.63, 3.8) is 0 Å². The number of ketones is 1. The highest BCUT2D eigenvalue weighted by atomic mass is 16.7. The second-order valence-electron chi connectivity index (χ2n) is 8.86. The van der Waals surface area contributed by atoms with E-state index in [1.165, 1.54) is 26.3 Å². The first-order valence-corrected chi connectivity index (χ1v) is 11.9. The molecule has 3 atom stereocenters. The van der Waals surface area contributed by atoms with Crippen LogP contribution in [0.4, 0.5) is 0 Å². The Balaban J connectivity index is 2.09. The van der Waals surface area contributed by atoms with Gasteiger partial charge in [-0.1, -0.05) is 39.0 Å². The summed E-state index contributed by atoms with van der Waals surface area (Å²) < 4.78 is 27.3. The zero-order chi connectivity index (χ0) is 26.7. The molecular weight excluding hydrogens is 466 g/mol. The van der Waals surface area contributed by atoms with E-state index >= 15 is 0 Å². The molecule has 2 aromatic rings. The molecule has 0 saturated carbocycles. The lowest BCUT2D eigenvalue weighted by atomic mass is 10.00. The number of carbonyl (C=O) groups excluding carboxylic acids is 3. The maximum atomic E-state index is 13.0. The van der Waals surface area contributed by atoms with Crippen molar-refractivity contribution >= 4 is 17.7 Å². The third-order valence-corrected chi connectivity index (χ3v) is 5.27. The van der Waals surface area contributed by atoms with Crippen molar-refractivity contribution in [1.29, 1.82) is 0 Å². The van der Waals surface area contributed by atoms with Gasteiger partial charge in [0.05, 0.1) is 13.0 Å². The van der Waals surface area contributed by atoms with E-state index in [1.54, 1.807) is 6.92 Å². The molecule has 9 heteroatoms. The van der Waals surface area contributed by atoms with Gasteiger partial charge in [0.1, 0.15) is 18.0 Å². The third-order valence-electron chi connectivity index (χ3n) is 5.27. The van der Waals surface area contributed by atoms with E-state index in [-0.39, 0.29) is 35.6 Å². The van der Waals surface area contributed by atoms with Gasteiger partial charge in [0, 0.05) is 25.6 Å². The van der Waals surface area contributed by atoms with E-state index in [4.69, 9.17) is 23.7 Å². The van der Waals surface area contributed by atoms with Crippen LogP contribution in [0.2, 0.25) is 0 Å². The quantitative estimate of drug-likeness (QED) is 0.208. The topological polar surface area (TPSA) is 110 Å². The van der Waals surface area contributed by atoms with Crippen molar-refractivity contribution in [1.82, 2.24) is 4.98 Å². The lowest BCUT2D eigenvalue weighted by Gasteiger charge is -2.27. The molecule has 0 radical (unpaired) electrons. The number of carbonyl (C=O) groups is 3. The molecule has 1 aromatic heterocycles. The molecular formula is C27H35NO8. The molecule has 0 fully saturated rings. The Hall–Kier alpha value is -3.62. The van der Waals surface area contributed by atoms with Crippen molar-refractivity contribution in [2.24, 2.45) is 11.8 Å². The number of Topliss-reactive ketones (excluding diaryl/α,β-unsaturated/α-hetero) is 1. The van der Waals surface area contributed by atoms with Gasteiger partial charge in [0.25, 0.3) is 0 Å². The lowest BCUT2D eigenvalue weighted by Crippen LogP contribution is -2.36. The molecule has 9 nitrogen and oxygen atoms in total. The number of ether oxygens (including phenoxy) is 5. The van der Waals surface area contributed by atoms with Crippen LogP contribution in [0.3, 0.4) is 0 Å². The fourth-order valence-electron chi connectivity index (χ4n) is 3.41. The number of para-hydroxylation sites is 1. The average Bonchev–Trinajstić information content (AvgIpc) is 2.83. The number of nitrogens with zero attached hydrogens (tertiary/aromatic N) is 1. The van der Waals surface area contributed by atoms with Crippen molar-refractivity contribution in [2.75, 3.05) is 13.9 Å². The summed E-state index contributed by atoms with van der Waals surface area (Å²) in [6.07, 6.45) is 0.961. The average molecular weight is 502 g/mol. The number of aromatic nitrogens is 1. The van der Waals surface area contributed by atoms with Crippen molar-refractivity contribution < 1.29 is 38.1 Å². The summed E-state index contributed by atoms with van der Waals surface area (Å²) in [4.78, 5) is 41.2. The second-order valence-corrected chi connectivity index (χ2v) is 8.86. The van der Waals surface area contributed by atoms with Crippen LogP contribution in [0.15, 0.2) is 42.6 Å². The number of pyridine rings is 1. The van der Waals surface area contributed by atoms with E-state index in [9.17, 15) is 14.4 Å². The monoisotopic (exact) mass is 501 g/mol. The number of hydrogen-bond acceptors (Lipinski definition) is 9. The lowest BCUT2D eigenvalue weighted by molar-refractivity contribution is -0.159. The summed E-state index contributed by atoms with van der Waals surface area (Å²) in [6, 6.07) is 10.8. The maximum absolute atomic E-state index is 13.0. The largest absolute Gasteiger partial charge is 0.493 e. The van der Waals surface area contributed by atoms with Gasteiger partial charge in [0.15, 0.2) is 23.0 Å². The van der Waals surface area contributed by atoms with Gasteiger partial charge in [-0.25, -0.2) is 4.98 Å². The maximum Gasteiger partial charge on any atom is 0.309 e. The molecule has 0 bridgehead atoms. The molecule has 0 aliphatic rings. The molecule has 1 heterocycles. The minimum Gasteiger partial charge on any atom is -0.493 e. The summed E-state index contributed by atoms with van der Waals surface area (Å²) in [7, 11) is 1.41. The normalized spacial score (nSPS) is 13.3. The highest BCUT2D eigenvalue weighted by molar-refractivity contribution is 5.99. The van der Waals surface area contributed by atoms with Crippen LogP contribution in [0.1, 0.15) is 57.9 Å². The van der Waals surface area contributed by atoms with E-state index in [2.05, 4.69) is 4.98 Å². The minimum absolute atomic E-state index is 0.0272. The molecule has 0 amide bonds. The van der Waals surface area contributed by atoms with Gasteiger partial charge in [0.2, 0.25) is 6.79 Å². The SMILES string of the molecule is COc1ccnc(C(=O)C[C@@H](C)C(=O)O[C@H](CC(C)C)[C@H](C)Oc2ccccc2)c1OCOC(C)=O. The van der Waals surface area contributed by atoms with Crippen LogP contribution in [0.5, 0.6) is 17.2 Å². The van der Waals surface area contributed by atoms with Crippen LogP contribution in [-0.4, -0.2) is 48.8 Å². The number of methoxy groups -OCH3 is 1. The molecule has 196 valence electrons. The smallest absolute Gasteiger partial charge is 0.309 e. The van der Waals surface area contributed by atoms with Crippen LogP contribution >= 0.6 is 0 Å². The molecule has 36 heavy (non-hydrogen) atoms. The molecule has 0 unspecified atom stereocenters. The molecule has 0 aliphatic carbocycles. The third kappa shape index (κ3) is 8.87. The number of rotatable bonds is 14. The second kappa shape index (κ2) is 14.1. The van der Waals surface area contributed by atoms with E-state index in [0.29, 0.717) is 12.2 Å². The number of esters is 2. The van der Waals surface area contributed by atoms with Gasteiger partial charge in [-0.2, -0.15) is 0 Å². The van der Waals surface area contributed by atoms with Crippen LogP contribution in [0.25, 0.3) is 0 Å². The van der Waals surface area contributed by atoms with Gasteiger partial charge in [-0.05, 0) is 31.4 Å². The van der Waals surface area contributed by atoms with Crippen LogP contribution in [0, 0.1) is 11.8 Å². The zero-order valence-electron chi connectivity index (χ0n) is 21.7. The van der Waals surface area contributed by atoms with E-state index in [1.807, 2.05) is 51.1 Å². The Morgan fingerprint density at radius 2 is 1.69 bits per heavy atom. The number of benzene rings is 1.